The average Bonchev–Trinajstić information content (AvgIpc) is 3.05. The van der Waals surface area contributed by atoms with Gasteiger partial charge < -0.3 is 14.6 Å². The van der Waals surface area contributed by atoms with Gasteiger partial charge >= 0.3 is 0 Å². The number of aryl methyl sites for hydroxylation is 1. The van der Waals surface area contributed by atoms with Crippen LogP contribution in [0.1, 0.15) is 64.7 Å². The third-order valence-corrected chi connectivity index (χ3v) is 3.96. The summed E-state index contributed by atoms with van der Waals surface area (Å²) in [5, 5.41) is 6.95. The highest BCUT2D eigenvalue weighted by Crippen LogP contribution is 2.19. The molecule has 0 fully saturated rings. The van der Waals surface area contributed by atoms with Gasteiger partial charge in [0.25, 0.3) is 0 Å². The van der Waals surface area contributed by atoms with Crippen LogP contribution in [0, 0.1) is 0 Å². The van der Waals surface area contributed by atoms with Gasteiger partial charge in [0.1, 0.15) is 5.75 Å². The van der Waals surface area contributed by atoms with Crippen LogP contribution >= 0.6 is 0 Å². The lowest BCUT2D eigenvalue weighted by atomic mass is 9.96. The van der Waals surface area contributed by atoms with E-state index in [1.165, 1.54) is 5.56 Å². The summed E-state index contributed by atoms with van der Waals surface area (Å²) < 4.78 is 10.9. The van der Waals surface area contributed by atoms with Gasteiger partial charge in [0.15, 0.2) is 5.82 Å². The molecule has 1 aromatic carbocycles. The minimum Gasteiger partial charge on any atom is -0.491 e. The fourth-order valence-electron chi connectivity index (χ4n) is 2.50. The Morgan fingerprint density at radius 1 is 1.19 bits per heavy atom. The van der Waals surface area contributed by atoms with E-state index in [4.69, 9.17) is 9.26 Å². The molecule has 1 N–H and O–H groups in total. The number of hydrogen-bond donors (Lipinski definition) is 1. The summed E-state index contributed by atoms with van der Waals surface area (Å²) >= 11 is 0. The first kappa shape index (κ1) is 20.9. The van der Waals surface area contributed by atoms with E-state index in [0.717, 1.165) is 12.2 Å². The van der Waals surface area contributed by atoms with E-state index in [1.807, 2.05) is 58.9 Å². The van der Waals surface area contributed by atoms with E-state index in [0.29, 0.717) is 37.5 Å². The largest absolute Gasteiger partial charge is 0.491 e. The van der Waals surface area contributed by atoms with Crippen LogP contribution in [-0.2, 0) is 23.1 Å². The summed E-state index contributed by atoms with van der Waals surface area (Å²) in [6, 6.07) is 8.00. The molecule has 0 radical (unpaired) electrons. The minimum atomic E-state index is -0.127. The highest BCUT2D eigenvalue weighted by Gasteiger charge is 2.20. The molecule has 1 aromatic heterocycles. The molecule has 1 amide bonds. The zero-order valence-electron chi connectivity index (χ0n) is 17.0. The monoisotopic (exact) mass is 373 g/mol. The zero-order chi connectivity index (χ0) is 19.9. The van der Waals surface area contributed by atoms with Gasteiger partial charge in [-0.1, -0.05) is 38.1 Å². The second-order valence-electron chi connectivity index (χ2n) is 8.03. The lowest BCUT2D eigenvalue weighted by Gasteiger charge is -2.10. The second kappa shape index (κ2) is 9.53. The number of nitrogens with one attached hydrogen (secondary N) is 1. The number of aromatic nitrogens is 2. The van der Waals surface area contributed by atoms with Crippen molar-refractivity contribution in [2.45, 2.75) is 71.8 Å². The Morgan fingerprint density at radius 3 is 2.48 bits per heavy atom. The van der Waals surface area contributed by atoms with Gasteiger partial charge in [-0.15, -0.1) is 0 Å². The van der Waals surface area contributed by atoms with E-state index in [2.05, 4.69) is 15.5 Å². The van der Waals surface area contributed by atoms with Gasteiger partial charge in [-0.05, 0) is 44.4 Å². The molecule has 2 rings (SSSR count). The predicted molar refractivity (Wildman–Crippen MR) is 105 cm³/mol. The molecule has 27 heavy (non-hydrogen) atoms. The summed E-state index contributed by atoms with van der Waals surface area (Å²) in [7, 11) is 0. The average molecular weight is 373 g/mol. The molecule has 0 saturated carbocycles. The Bertz CT molecular complexity index is 715. The molecule has 2 aromatic rings. The molecule has 0 aliphatic heterocycles. The van der Waals surface area contributed by atoms with E-state index in [1.54, 1.807) is 0 Å². The SMILES string of the molecule is CC(C)Oc1ccc(CCNC(=O)CCCc2nc(C(C)(C)C)no2)cc1. The maximum Gasteiger partial charge on any atom is 0.226 e. The number of ether oxygens (including phenoxy) is 1. The lowest BCUT2D eigenvalue weighted by molar-refractivity contribution is -0.121. The fourth-order valence-corrected chi connectivity index (χ4v) is 2.50. The Labute approximate surface area is 161 Å². The molecular formula is C21H31N3O3. The van der Waals surface area contributed by atoms with Gasteiger partial charge in [-0.2, -0.15) is 4.98 Å². The first-order chi connectivity index (χ1) is 12.7. The maximum absolute atomic E-state index is 12.0. The molecule has 0 aliphatic carbocycles. The van der Waals surface area contributed by atoms with Crippen molar-refractivity contribution in [3.63, 3.8) is 0 Å². The van der Waals surface area contributed by atoms with Crippen molar-refractivity contribution in [3.8, 4) is 5.75 Å². The number of nitrogens with zero attached hydrogens (tertiary/aromatic N) is 2. The van der Waals surface area contributed by atoms with Crippen LogP contribution in [0.25, 0.3) is 0 Å². The van der Waals surface area contributed by atoms with Crippen molar-refractivity contribution in [3.05, 3.63) is 41.5 Å². The fraction of sp³-hybridized carbons (Fsp3) is 0.571. The van der Waals surface area contributed by atoms with Gasteiger partial charge in [0, 0.05) is 24.8 Å². The smallest absolute Gasteiger partial charge is 0.226 e. The van der Waals surface area contributed by atoms with Gasteiger partial charge in [-0.25, -0.2) is 0 Å². The van der Waals surface area contributed by atoms with Crippen molar-refractivity contribution in [2.75, 3.05) is 6.54 Å². The molecule has 0 saturated heterocycles. The molecule has 1 heterocycles. The maximum atomic E-state index is 12.0. The quantitative estimate of drug-likeness (QED) is 0.723. The standard InChI is InChI=1S/C21H31N3O3/c1-15(2)26-17-11-9-16(10-12-17)13-14-22-18(25)7-6-8-19-23-20(24-27-19)21(3,4)5/h9-12,15H,6-8,13-14H2,1-5H3,(H,22,25). The van der Waals surface area contributed by atoms with E-state index < -0.39 is 0 Å². The first-order valence-corrected chi connectivity index (χ1v) is 9.59. The summed E-state index contributed by atoms with van der Waals surface area (Å²) in [5.41, 5.74) is 1.05. The zero-order valence-corrected chi connectivity index (χ0v) is 17.0. The molecular weight excluding hydrogens is 342 g/mol. The van der Waals surface area contributed by atoms with E-state index >= 15 is 0 Å². The molecule has 0 spiro atoms. The van der Waals surface area contributed by atoms with Crippen molar-refractivity contribution in [1.29, 1.82) is 0 Å². The van der Waals surface area contributed by atoms with Crippen LogP contribution in [0.4, 0.5) is 0 Å². The van der Waals surface area contributed by atoms with Crippen LogP contribution in [0.15, 0.2) is 28.8 Å². The number of hydrogen-bond acceptors (Lipinski definition) is 5. The van der Waals surface area contributed by atoms with Crippen LogP contribution < -0.4 is 10.1 Å². The number of amides is 1. The van der Waals surface area contributed by atoms with E-state index in [-0.39, 0.29) is 17.4 Å². The van der Waals surface area contributed by atoms with E-state index in [9.17, 15) is 4.79 Å². The van der Waals surface area contributed by atoms with Crippen molar-refractivity contribution >= 4 is 5.91 Å². The first-order valence-electron chi connectivity index (χ1n) is 9.59. The van der Waals surface area contributed by atoms with Crippen molar-refractivity contribution in [2.24, 2.45) is 0 Å². The number of benzene rings is 1. The number of carbonyl (C=O) groups is 1. The molecule has 6 nitrogen and oxygen atoms in total. The van der Waals surface area contributed by atoms with Crippen LogP contribution in [-0.4, -0.2) is 28.7 Å². The van der Waals surface area contributed by atoms with Gasteiger partial charge in [0.2, 0.25) is 11.8 Å². The minimum absolute atomic E-state index is 0.0466. The molecule has 0 bridgehead atoms. The molecule has 148 valence electrons. The Balaban J connectivity index is 1.64. The Morgan fingerprint density at radius 2 is 1.89 bits per heavy atom. The number of rotatable bonds is 9. The normalized spacial score (nSPS) is 11.6. The van der Waals surface area contributed by atoms with Crippen LogP contribution in [0.5, 0.6) is 5.75 Å². The van der Waals surface area contributed by atoms with Gasteiger partial charge in [-0.3, -0.25) is 4.79 Å². The van der Waals surface area contributed by atoms with Crippen molar-refractivity contribution in [1.82, 2.24) is 15.5 Å². The molecule has 0 atom stereocenters. The molecule has 6 heteroatoms. The Hall–Kier alpha value is -2.37. The van der Waals surface area contributed by atoms with Crippen LogP contribution in [0.3, 0.4) is 0 Å². The summed E-state index contributed by atoms with van der Waals surface area (Å²) in [5.74, 6) is 2.21. The summed E-state index contributed by atoms with van der Waals surface area (Å²) in [6.45, 7) is 10.8. The highest BCUT2D eigenvalue weighted by molar-refractivity contribution is 5.75. The van der Waals surface area contributed by atoms with Crippen LogP contribution in [0.2, 0.25) is 0 Å². The topological polar surface area (TPSA) is 77.2 Å². The molecule has 0 aliphatic rings. The van der Waals surface area contributed by atoms with Gasteiger partial charge in [0.05, 0.1) is 6.10 Å². The Kier molecular flexibility index (Phi) is 7.39. The number of carbonyl (C=O) groups excluding carboxylic acids is 1. The highest BCUT2D eigenvalue weighted by atomic mass is 16.5. The van der Waals surface area contributed by atoms with Crippen molar-refractivity contribution < 1.29 is 14.1 Å². The summed E-state index contributed by atoms with van der Waals surface area (Å²) in [4.78, 5) is 16.4. The third kappa shape index (κ3) is 7.41. The molecule has 0 unspecified atom stereocenters. The predicted octanol–water partition coefficient (Wildman–Crippen LogP) is 3.84. The third-order valence-electron chi connectivity index (χ3n) is 3.96. The second-order valence-corrected chi connectivity index (χ2v) is 8.03. The summed E-state index contributed by atoms with van der Waals surface area (Å²) in [6.07, 6.45) is 2.73. The lowest BCUT2D eigenvalue weighted by Crippen LogP contribution is -2.25.